The standard InChI is InChI=1S/C11H15BrN2O/c12-10-7-13-9(11(15)14-10)6-8-4-2-1-3-5-8/h7-9H,1-6H2/t9-/m1/s1. The first-order chi connectivity index (χ1) is 7.25. The Bertz CT molecular complexity index is 306. The Kier molecular flexibility index (Phi) is 3.67. The molecule has 0 saturated heterocycles. The summed E-state index contributed by atoms with van der Waals surface area (Å²) in [5, 5.41) is 0. The molecule has 0 N–H and O–H groups in total. The van der Waals surface area contributed by atoms with Gasteiger partial charge < -0.3 is 0 Å². The maximum absolute atomic E-state index is 11.5. The Labute approximate surface area is 98.2 Å². The molecule has 1 aliphatic heterocycles. The van der Waals surface area contributed by atoms with Crippen LogP contribution < -0.4 is 0 Å². The molecule has 0 bridgehead atoms. The fourth-order valence-corrected chi connectivity index (χ4v) is 2.62. The van der Waals surface area contributed by atoms with Crippen LogP contribution in [0, 0.1) is 5.92 Å². The average molecular weight is 271 g/mol. The van der Waals surface area contributed by atoms with Gasteiger partial charge in [0.15, 0.2) is 0 Å². The molecule has 0 aromatic heterocycles. The number of amides is 1. The second kappa shape index (κ2) is 5.01. The van der Waals surface area contributed by atoms with E-state index in [9.17, 15) is 4.79 Å². The van der Waals surface area contributed by atoms with Crippen molar-refractivity contribution in [2.24, 2.45) is 15.9 Å². The highest BCUT2D eigenvalue weighted by Crippen LogP contribution is 2.28. The zero-order chi connectivity index (χ0) is 10.7. The first-order valence-corrected chi connectivity index (χ1v) is 6.36. The molecule has 15 heavy (non-hydrogen) atoms. The van der Waals surface area contributed by atoms with E-state index in [2.05, 4.69) is 25.9 Å². The van der Waals surface area contributed by atoms with E-state index in [4.69, 9.17) is 0 Å². The van der Waals surface area contributed by atoms with Crippen LogP contribution in [-0.2, 0) is 4.79 Å². The second-order valence-corrected chi connectivity index (χ2v) is 5.12. The summed E-state index contributed by atoms with van der Waals surface area (Å²) < 4.78 is 0.549. The molecular weight excluding hydrogens is 256 g/mol. The highest BCUT2D eigenvalue weighted by molar-refractivity contribution is 9.19. The van der Waals surface area contributed by atoms with Crippen LogP contribution in [0.2, 0.25) is 0 Å². The van der Waals surface area contributed by atoms with Gasteiger partial charge in [0.25, 0.3) is 5.91 Å². The lowest BCUT2D eigenvalue weighted by Crippen LogP contribution is -2.25. The van der Waals surface area contributed by atoms with Gasteiger partial charge in [-0.15, -0.1) is 0 Å². The Balaban J connectivity index is 1.89. The molecule has 1 atom stereocenters. The fraction of sp³-hybridized carbons (Fsp3) is 0.727. The summed E-state index contributed by atoms with van der Waals surface area (Å²) in [7, 11) is 0. The first kappa shape index (κ1) is 11.0. The van der Waals surface area contributed by atoms with Gasteiger partial charge in [-0.1, -0.05) is 32.1 Å². The number of carbonyl (C=O) groups excluding carboxylic acids is 1. The average Bonchev–Trinajstić information content (AvgIpc) is 2.24. The number of carbonyl (C=O) groups is 1. The van der Waals surface area contributed by atoms with Crippen LogP contribution in [-0.4, -0.2) is 22.8 Å². The number of halogens is 1. The topological polar surface area (TPSA) is 41.8 Å². The van der Waals surface area contributed by atoms with Gasteiger partial charge >= 0.3 is 0 Å². The largest absolute Gasteiger partial charge is 0.277 e. The normalized spacial score (nSPS) is 27.9. The van der Waals surface area contributed by atoms with E-state index in [-0.39, 0.29) is 11.9 Å². The lowest BCUT2D eigenvalue weighted by molar-refractivity contribution is -0.119. The number of aliphatic imine (C=N–C) groups is 2. The number of hydrogen-bond donors (Lipinski definition) is 0. The summed E-state index contributed by atoms with van der Waals surface area (Å²) in [6.07, 6.45) is 9.01. The third-order valence-corrected chi connectivity index (χ3v) is 3.53. The van der Waals surface area contributed by atoms with Gasteiger partial charge in [-0.3, -0.25) is 9.79 Å². The van der Waals surface area contributed by atoms with Gasteiger partial charge in [-0.25, -0.2) is 4.99 Å². The molecule has 2 aliphatic rings. The minimum atomic E-state index is -0.214. The molecule has 2 rings (SSSR count). The molecular formula is C11H15BrN2O. The third kappa shape index (κ3) is 2.97. The van der Waals surface area contributed by atoms with Crippen molar-refractivity contribution in [2.75, 3.05) is 0 Å². The van der Waals surface area contributed by atoms with Crippen molar-refractivity contribution in [1.29, 1.82) is 0 Å². The summed E-state index contributed by atoms with van der Waals surface area (Å²) >= 11 is 3.16. The predicted octanol–water partition coefficient (Wildman–Crippen LogP) is 2.73. The highest BCUT2D eigenvalue weighted by atomic mass is 79.9. The molecule has 1 heterocycles. The van der Waals surface area contributed by atoms with Gasteiger partial charge in [0.2, 0.25) is 0 Å². The van der Waals surface area contributed by atoms with Crippen molar-refractivity contribution in [3.05, 3.63) is 0 Å². The molecule has 0 radical (unpaired) electrons. The van der Waals surface area contributed by atoms with E-state index in [1.54, 1.807) is 6.21 Å². The Hall–Kier alpha value is -0.510. The van der Waals surface area contributed by atoms with E-state index >= 15 is 0 Å². The van der Waals surface area contributed by atoms with Crippen LogP contribution >= 0.6 is 15.9 Å². The predicted molar refractivity (Wildman–Crippen MR) is 64.8 cm³/mol. The maximum atomic E-state index is 11.5. The van der Waals surface area contributed by atoms with Crippen LogP contribution in [0.25, 0.3) is 0 Å². The fourth-order valence-electron chi connectivity index (χ4n) is 2.32. The van der Waals surface area contributed by atoms with Crippen LogP contribution in [0.4, 0.5) is 0 Å². The first-order valence-electron chi connectivity index (χ1n) is 5.57. The lowest BCUT2D eigenvalue weighted by Gasteiger charge is -2.23. The van der Waals surface area contributed by atoms with Gasteiger partial charge in [0.1, 0.15) is 10.7 Å². The van der Waals surface area contributed by atoms with E-state index in [1.807, 2.05) is 0 Å². The van der Waals surface area contributed by atoms with Crippen molar-refractivity contribution >= 4 is 32.7 Å². The summed E-state index contributed by atoms with van der Waals surface area (Å²) in [5.74, 6) is 0.590. The Morgan fingerprint density at radius 1 is 1.33 bits per heavy atom. The maximum Gasteiger partial charge on any atom is 0.271 e. The minimum Gasteiger partial charge on any atom is -0.277 e. The van der Waals surface area contributed by atoms with Crippen LogP contribution in [0.1, 0.15) is 38.5 Å². The van der Waals surface area contributed by atoms with Gasteiger partial charge in [0, 0.05) is 0 Å². The van der Waals surface area contributed by atoms with E-state index < -0.39 is 0 Å². The number of rotatable bonds is 2. The van der Waals surface area contributed by atoms with Crippen LogP contribution in [0.3, 0.4) is 0 Å². The highest BCUT2D eigenvalue weighted by Gasteiger charge is 2.25. The zero-order valence-corrected chi connectivity index (χ0v) is 10.2. The summed E-state index contributed by atoms with van der Waals surface area (Å²) in [5.41, 5.74) is 0. The molecule has 3 nitrogen and oxygen atoms in total. The third-order valence-electron chi connectivity index (χ3n) is 3.14. The molecule has 1 fully saturated rings. The molecule has 82 valence electrons. The molecule has 0 spiro atoms. The van der Waals surface area contributed by atoms with E-state index in [1.165, 1.54) is 32.1 Å². The van der Waals surface area contributed by atoms with Crippen molar-refractivity contribution in [3.63, 3.8) is 0 Å². The molecule has 1 amide bonds. The van der Waals surface area contributed by atoms with Gasteiger partial charge in [-0.05, 0) is 28.3 Å². The zero-order valence-electron chi connectivity index (χ0n) is 8.66. The van der Waals surface area contributed by atoms with E-state index in [0.717, 1.165) is 6.42 Å². The molecule has 0 unspecified atom stereocenters. The molecule has 0 aromatic rings. The molecule has 4 heteroatoms. The quantitative estimate of drug-likeness (QED) is 0.761. The Morgan fingerprint density at radius 3 is 2.73 bits per heavy atom. The van der Waals surface area contributed by atoms with Crippen molar-refractivity contribution < 1.29 is 4.79 Å². The smallest absolute Gasteiger partial charge is 0.271 e. The number of nitrogens with zero attached hydrogens (tertiary/aromatic N) is 2. The van der Waals surface area contributed by atoms with Crippen molar-refractivity contribution in [3.8, 4) is 0 Å². The molecule has 1 aliphatic carbocycles. The second-order valence-electron chi connectivity index (χ2n) is 4.31. The lowest BCUT2D eigenvalue weighted by atomic mass is 9.84. The SMILES string of the molecule is O=C1N=C(Br)C=N[C@@H]1CC1CCCCC1. The van der Waals surface area contributed by atoms with Crippen molar-refractivity contribution in [2.45, 2.75) is 44.6 Å². The van der Waals surface area contributed by atoms with E-state index in [0.29, 0.717) is 10.5 Å². The van der Waals surface area contributed by atoms with Crippen LogP contribution in [0.5, 0.6) is 0 Å². The summed E-state index contributed by atoms with van der Waals surface area (Å²) in [6.45, 7) is 0. The van der Waals surface area contributed by atoms with Gasteiger partial charge in [0.05, 0.1) is 6.21 Å². The number of hydrogen-bond acceptors (Lipinski definition) is 2. The monoisotopic (exact) mass is 270 g/mol. The molecule has 1 saturated carbocycles. The van der Waals surface area contributed by atoms with Gasteiger partial charge in [-0.2, -0.15) is 0 Å². The summed E-state index contributed by atoms with van der Waals surface area (Å²) in [6, 6.07) is -0.214. The van der Waals surface area contributed by atoms with Crippen LogP contribution in [0.15, 0.2) is 9.98 Å². The summed E-state index contributed by atoms with van der Waals surface area (Å²) in [4.78, 5) is 19.7. The molecule has 0 aromatic carbocycles. The van der Waals surface area contributed by atoms with Crippen molar-refractivity contribution in [1.82, 2.24) is 0 Å². The minimum absolute atomic E-state index is 0.0880. The Morgan fingerprint density at radius 2 is 2.07 bits per heavy atom.